The molecule has 2 N–H and O–H groups in total. The molecule has 1 saturated heterocycles. The maximum absolute atomic E-state index is 12.8. The molecular weight excluding hydrogens is 400 g/mol. The van der Waals surface area contributed by atoms with Gasteiger partial charge >= 0.3 is 5.97 Å². The molecule has 0 atom stereocenters. The highest BCUT2D eigenvalue weighted by atomic mass is 16.7. The van der Waals surface area contributed by atoms with Crippen LogP contribution in [0, 0.1) is 0 Å². The number of hydrazine groups is 1. The van der Waals surface area contributed by atoms with Crippen molar-refractivity contribution in [1.82, 2.24) is 15.9 Å². The number of hydrogen-bond donors (Lipinski definition) is 2. The van der Waals surface area contributed by atoms with E-state index in [0.29, 0.717) is 17.7 Å². The number of hydrogen-bond acceptors (Lipinski definition) is 7. The number of para-hydroxylation sites is 1. The fourth-order valence-electron chi connectivity index (χ4n) is 2.85. The maximum Gasteiger partial charge on any atom is 0.376 e. The third-order valence-corrected chi connectivity index (χ3v) is 4.47. The molecule has 1 heterocycles. The molecule has 31 heavy (non-hydrogen) atoms. The summed E-state index contributed by atoms with van der Waals surface area (Å²) in [7, 11) is 3.11. The molecule has 1 aliphatic rings. The van der Waals surface area contributed by atoms with Gasteiger partial charge in [0, 0.05) is 25.2 Å². The predicted molar refractivity (Wildman–Crippen MR) is 113 cm³/mol. The normalized spacial score (nSPS) is 15.0. The molecule has 0 aromatic heterocycles. The summed E-state index contributed by atoms with van der Waals surface area (Å²) in [5.74, 6) is -1.17. The SMILES string of the molecule is COc1ccccc1CCNC(=O)C(/C=C1/C(=O)ONN1C)=NC(=O)c1ccccc1. The van der Waals surface area contributed by atoms with Gasteiger partial charge in [-0.25, -0.2) is 9.79 Å². The molecule has 0 bridgehead atoms. The maximum atomic E-state index is 12.8. The molecule has 0 saturated carbocycles. The van der Waals surface area contributed by atoms with E-state index in [9.17, 15) is 14.4 Å². The average Bonchev–Trinajstić information content (AvgIpc) is 3.11. The molecule has 160 valence electrons. The zero-order valence-corrected chi connectivity index (χ0v) is 17.1. The molecule has 9 heteroatoms. The smallest absolute Gasteiger partial charge is 0.376 e. The third kappa shape index (κ3) is 5.55. The first kappa shape index (κ1) is 21.7. The Labute approximate surface area is 179 Å². The van der Waals surface area contributed by atoms with Crippen molar-refractivity contribution in [2.75, 3.05) is 20.7 Å². The molecule has 0 radical (unpaired) electrons. The Morgan fingerprint density at radius 2 is 1.87 bits per heavy atom. The van der Waals surface area contributed by atoms with Crippen LogP contribution >= 0.6 is 0 Å². The molecule has 0 unspecified atom stereocenters. The summed E-state index contributed by atoms with van der Waals surface area (Å²) < 4.78 is 5.31. The molecule has 9 nitrogen and oxygen atoms in total. The lowest BCUT2D eigenvalue weighted by Crippen LogP contribution is -2.33. The Morgan fingerprint density at radius 1 is 1.16 bits per heavy atom. The van der Waals surface area contributed by atoms with Gasteiger partial charge in [0.15, 0.2) is 0 Å². The van der Waals surface area contributed by atoms with Crippen LogP contribution in [0.1, 0.15) is 15.9 Å². The number of carbonyl (C=O) groups excluding carboxylic acids is 3. The van der Waals surface area contributed by atoms with Crippen LogP contribution in [0.3, 0.4) is 0 Å². The van der Waals surface area contributed by atoms with Gasteiger partial charge in [-0.15, -0.1) is 0 Å². The van der Waals surface area contributed by atoms with Gasteiger partial charge in [-0.3, -0.25) is 14.6 Å². The first-order valence-corrected chi connectivity index (χ1v) is 9.50. The Kier molecular flexibility index (Phi) is 7.13. The monoisotopic (exact) mass is 422 g/mol. The summed E-state index contributed by atoms with van der Waals surface area (Å²) in [6, 6.07) is 15.8. The second-order valence-corrected chi connectivity index (χ2v) is 6.56. The van der Waals surface area contributed by atoms with E-state index in [1.54, 1.807) is 37.4 Å². The standard InChI is InChI=1S/C22H22N4O5/c1-26-18(22(29)31-25-26)14-17(24-20(27)16-9-4-3-5-10-16)21(28)23-13-12-15-8-6-7-11-19(15)30-2/h3-11,14,25H,12-13H2,1-2H3,(H,23,28)/b18-14-,24-17?. The molecule has 0 spiro atoms. The first-order valence-electron chi connectivity index (χ1n) is 9.50. The molecule has 1 fully saturated rings. The summed E-state index contributed by atoms with van der Waals surface area (Å²) in [6.07, 6.45) is 1.72. The summed E-state index contributed by atoms with van der Waals surface area (Å²) in [5, 5.41) is 4.01. The summed E-state index contributed by atoms with van der Waals surface area (Å²) in [5.41, 5.74) is 3.43. The lowest BCUT2D eigenvalue weighted by Gasteiger charge is -2.10. The van der Waals surface area contributed by atoms with Gasteiger partial charge in [0.25, 0.3) is 11.8 Å². The van der Waals surface area contributed by atoms with E-state index < -0.39 is 17.8 Å². The van der Waals surface area contributed by atoms with Crippen LogP contribution in [0.2, 0.25) is 0 Å². The van der Waals surface area contributed by atoms with Crippen LogP contribution in [0.15, 0.2) is 71.4 Å². The second-order valence-electron chi connectivity index (χ2n) is 6.56. The van der Waals surface area contributed by atoms with Crippen molar-refractivity contribution in [1.29, 1.82) is 0 Å². The van der Waals surface area contributed by atoms with Crippen molar-refractivity contribution in [2.24, 2.45) is 4.99 Å². The quantitative estimate of drug-likeness (QED) is 0.513. The largest absolute Gasteiger partial charge is 0.496 e. The van der Waals surface area contributed by atoms with E-state index in [-0.39, 0.29) is 18.0 Å². The van der Waals surface area contributed by atoms with Crippen LogP contribution in [-0.4, -0.2) is 49.2 Å². The second kappa shape index (κ2) is 10.2. The minimum Gasteiger partial charge on any atom is -0.496 e. The predicted octanol–water partition coefficient (Wildman–Crippen LogP) is 1.43. The molecule has 0 aliphatic carbocycles. The Balaban J connectivity index is 1.79. The van der Waals surface area contributed by atoms with E-state index in [1.807, 2.05) is 24.3 Å². The van der Waals surface area contributed by atoms with Gasteiger partial charge in [0.2, 0.25) is 0 Å². The number of methoxy groups -OCH3 is 1. The molecular formula is C22H22N4O5. The van der Waals surface area contributed by atoms with E-state index >= 15 is 0 Å². The van der Waals surface area contributed by atoms with Gasteiger partial charge in [0.1, 0.15) is 17.2 Å². The number of nitrogens with zero attached hydrogens (tertiary/aromatic N) is 2. The van der Waals surface area contributed by atoms with Crippen molar-refractivity contribution >= 4 is 23.5 Å². The van der Waals surface area contributed by atoms with Gasteiger partial charge in [-0.2, -0.15) is 0 Å². The number of likely N-dealkylation sites (N-methyl/N-ethyl adjacent to an activating group) is 1. The summed E-state index contributed by atoms with van der Waals surface area (Å²) >= 11 is 0. The first-order chi connectivity index (χ1) is 15.0. The number of aliphatic imine (C=N–C) groups is 1. The van der Waals surface area contributed by atoms with Crippen molar-refractivity contribution in [3.8, 4) is 5.75 Å². The van der Waals surface area contributed by atoms with E-state index in [2.05, 4.69) is 15.9 Å². The van der Waals surface area contributed by atoms with Crippen LogP contribution < -0.4 is 15.6 Å². The van der Waals surface area contributed by atoms with E-state index in [0.717, 1.165) is 5.56 Å². The topological polar surface area (TPSA) is 109 Å². The molecule has 2 aromatic carbocycles. The van der Waals surface area contributed by atoms with Gasteiger partial charge in [0.05, 0.1) is 7.11 Å². The van der Waals surface area contributed by atoms with Crippen molar-refractivity contribution in [2.45, 2.75) is 6.42 Å². The minimum atomic E-state index is -0.691. The van der Waals surface area contributed by atoms with Gasteiger partial charge in [-0.05, 0) is 30.2 Å². The summed E-state index contributed by atoms with van der Waals surface area (Å²) in [4.78, 5) is 45.8. The Morgan fingerprint density at radius 3 is 2.55 bits per heavy atom. The van der Waals surface area contributed by atoms with E-state index in [4.69, 9.17) is 9.57 Å². The fourth-order valence-corrected chi connectivity index (χ4v) is 2.85. The molecule has 1 aliphatic heterocycles. The summed E-state index contributed by atoms with van der Waals surface area (Å²) in [6.45, 7) is 0.277. The Hall–Kier alpha value is -3.98. The number of amides is 2. The Bertz CT molecular complexity index is 1030. The van der Waals surface area contributed by atoms with Crippen molar-refractivity contribution in [3.05, 3.63) is 77.5 Å². The van der Waals surface area contributed by atoms with Crippen LogP contribution in [0.5, 0.6) is 5.75 Å². The van der Waals surface area contributed by atoms with E-state index in [1.165, 1.54) is 18.1 Å². The van der Waals surface area contributed by atoms with Crippen LogP contribution in [0.4, 0.5) is 0 Å². The number of rotatable bonds is 7. The lowest BCUT2D eigenvalue weighted by atomic mass is 10.1. The highest BCUT2D eigenvalue weighted by molar-refractivity contribution is 6.45. The molecule has 3 rings (SSSR count). The van der Waals surface area contributed by atoms with Gasteiger partial charge in [-0.1, -0.05) is 42.0 Å². The zero-order valence-electron chi connectivity index (χ0n) is 17.1. The number of nitrogens with one attached hydrogen (secondary N) is 2. The molecule has 2 aromatic rings. The lowest BCUT2D eigenvalue weighted by molar-refractivity contribution is -0.142. The van der Waals surface area contributed by atoms with Crippen molar-refractivity contribution < 1.29 is 24.0 Å². The van der Waals surface area contributed by atoms with Crippen molar-refractivity contribution in [3.63, 3.8) is 0 Å². The molecule has 2 amide bonds. The highest BCUT2D eigenvalue weighted by Gasteiger charge is 2.26. The average molecular weight is 422 g/mol. The van der Waals surface area contributed by atoms with Crippen LogP contribution in [-0.2, 0) is 20.8 Å². The van der Waals surface area contributed by atoms with Crippen LogP contribution in [0.25, 0.3) is 0 Å². The number of ether oxygens (including phenoxy) is 1. The highest BCUT2D eigenvalue weighted by Crippen LogP contribution is 2.17. The van der Waals surface area contributed by atoms with Gasteiger partial charge < -0.3 is 14.9 Å². The third-order valence-electron chi connectivity index (χ3n) is 4.47. The minimum absolute atomic E-state index is 0.0412. The number of benzene rings is 2. The number of carbonyl (C=O) groups is 3. The fraction of sp³-hybridized carbons (Fsp3) is 0.182. The zero-order chi connectivity index (χ0) is 22.2.